The normalized spacial score (nSPS) is 24.4. The van der Waals surface area contributed by atoms with Crippen LogP contribution in [0.15, 0.2) is 18.2 Å². The van der Waals surface area contributed by atoms with Crippen molar-refractivity contribution in [1.82, 2.24) is 5.32 Å². The molecule has 2 fully saturated rings. The first-order valence-corrected chi connectivity index (χ1v) is 7.94. The minimum atomic E-state index is -0.383. The predicted molar refractivity (Wildman–Crippen MR) is 85.7 cm³/mol. The summed E-state index contributed by atoms with van der Waals surface area (Å²) in [6, 6.07) is 5.20. The van der Waals surface area contributed by atoms with Crippen molar-refractivity contribution in [3.8, 4) is 5.75 Å². The summed E-state index contributed by atoms with van der Waals surface area (Å²) in [6.07, 6.45) is 3.49. The molecular formula is C16H23N3O3. The topological polar surface area (TPSA) is 67.6 Å². The summed E-state index contributed by atoms with van der Waals surface area (Å²) < 4.78 is 5.64. The van der Waals surface area contributed by atoms with Crippen molar-refractivity contribution in [2.45, 2.75) is 44.8 Å². The third-order valence-electron chi connectivity index (χ3n) is 4.55. The summed E-state index contributed by atoms with van der Waals surface area (Å²) in [6.45, 7) is 6.79. The Kier molecular flexibility index (Phi) is 3.95. The Morgan fingerprint density at radius 2 is 2.23 bits per heavy atom. The molecule has 2 aliphatic rings. The standard InChI is InChI=1S/C16H23N3O3/c1-12(2)22-15-10-13(4-5-14(15)19(20)21)18-9-7-16(11-18)6-3-8-17-16/h4-5,10,12,17H,3,6-9,11H2,1-2H3/t16-/m0/s1. The Labute approximate surface area is 130 Å². The van der Waals surface area contributed by atoms with Gasteiger partial charge in [-0.15, -0.1) is 0 Å². The molecule has 6 nitrogen and oxygen atoms in total. The van der Waals surface area contributed by atoms with Crippen molar-refractivity contribution in [1.29, 1.82) is 0 Å². The van der Waals surface area contributed by atoms with E-state index < -0.39 is 0 Å². The van der Waals surface area contributed by atoms with Gasteiger partial charge in [-0.05, 0) is 45.7 Å². The van der Waals surface area contributed by atoms with E-state index in [1.165, 1.54) is 12.8 Å². The Bertz CT molecular complexity index is 568. The third kappa shape index (κ3) is 2.88. The van der Waals surface area contributed by atoms with Crippen LogP contribution in [0.1, 0.15) is 33.1 Å². The first-order valence-electron chi connectivity index (χ1n) is 7.94. The number of ether oxygens (including phenoxy) is 1. The van der Waals surface area contributed by atoms with Gasteiger partial charge in [0.25, 0.3) is 0 Å². The van der Waals surface area contributed by atoms with Crippen LogP contribution in [0.3, 0.4) is 0 Å². The van der Waals surface area contributed by atoms with Crippen LogP contribution >= 0.6 is 0 Å². The van der Waals surface area contributed by atoms with E-state index in [9.17, 15) is 10.1 Å². The van der Waals surface area contributed by atoms with Gasteiger partial charge in [0.15, 0.2) is 5.75 Å². The zero-order valence-electron chi connectivity index (χ0n) is 13.2. The average molecular weight is 305 g/mol. The van der Waals surface area contributed by atoms with Crippen LogP contribution < -0.4 is 15.0 Å². The molecule has 1 aromatic carbocycles. The van der Waals surface area contributed by atoms with Crippen molar-refractivity contribution >= 4 is 11.4 Å². The molecule has 0 radical (unpaired) electrons. The fourth-order valence-corrected chi connectivity index (χ4v) is 3.51. The maximum atomic E-state index is 11.1. The van der Waals surface area contributed by atoms with E-state index in [4.69, 9.17) is 4.74 Å². The number of hydrogen-bond donors (Lipinski definition) is 1. The molecule has 2 saturated heterocycles. The lowest BCUT2D eigenvalue weighted by atomic mass is 9.97. The number of nitro groups is 1. The fraction of sp³-hybridized carbons (Fsp3) is 0.625. The Morgan fingerprint density at radius 3 is 2.86 bits per heavy atom. The van der Waals surface area contributed by atoms with Gasteiger partial charge in [-0.2, -0.15) is 0 Å². The monoisotopic (exact) mass is 305 g/mol. The second-order valence-electron chi connectivity index (χ2n) is 6.56. The molecule has 22 heavy (non-hydrogen) atoms. The van der Waals surface area contributed by atoms with Crippen molar-refractivity contribution in [3.05, 3.63) is 28.3 Å². The highest BCUT2D eigenvalue weighted by Crippen LogP contribution is 2.37. The zero-order chi connectivity index (χ0) is 15.7. The molecule has 2 aliphatic heterocycles. The van der Waals surface area contributed by atoms with Gasteiger partial charge in [-0.25, -0.2) is 0 Å². The molecule has 3 rings (SSSR count). The lowest BCUT2D eigenvalue weighted by molar-refractivity contribution is -0.386. The van der Waals surface area contributed by atoms with Crippen molar-refractivity contribution in [2.24, 2.45) is 0 Å². The van der Waals surface area contributed by atoms with Crippen LogP contribution in [-0.2, 0) is 0 Å². The highest BCUT2D eigenvalue weighted by atomic mass is 16.6. The van der Waals surface area contributed by atoms with Crippen molar-refractivity contribution in [2.75, 3.05) is 24.5 Å². The quantitative estimate of drug-likeness (QED) is 0.684. The predicted octanol–water partition coefficient (Wildman–Crippen LogP) is 2.71. The number of nitrogens with zero attached hydrogens (tertiary/aromatic N) is 2. The SMILES string of the molecule is CC(C)Oc1cc(N2CC[C@@]3(CCCN3)C2)ccc1[N+](=O)[O-]. The summed E-state index contributed by atoms with van der Waals surface area (Å²) in [7, 11) is 0. The van der Waals surface area contributed by atoms with Gasteiger partial charge in [0.05, 0.1) is 11.0 Å². The molecule has 1 spiro atoms. The molecule has 0 amide bonds. The van der Waals surface area contributed by atoms with E-state index in [1.807, 2.05) is 26.0 Å². The number of nitro benzene ring substituents is 1. The van der Waals surface area contributed by atoms with Crippen LogP contribution in [0.25, 0.3) is 0 Å². The van der Waals surface area contributed by atoms with Gasteiger partial charge in [-0.1, -0.05) is 0 Å². The molecule has 0 aromatic heterocycles. The molecule has 1 atom stereocenters. The van der Waals surface area contributed by atoms with E-state index >= 15 is 0 Å². The second-order valence-corrected chi connectivity index (χ2v) is 6.56. The van der Waals surface area contributed by atoms with Gasteiger partial charge in [0, 0.05) is 36.4 Å². The number of rotatable bonds is 4. The van der Waals surface area contributed by atoms with E-state index in [-0.39, 0.29) is 22.3 Å². The van der Waals surface area contributed by atoms with Crippen molar-refractivity contribution in [3.63, 3.8) is 0 Å². The number of hydrogen-bond acceptors (Lipinski definition) is 5. The maximum Gasteiger partial charge on any atom is 0.311 e. The van der Waals surface area contributed by atoms with Crippen LogP contribution in [0.5, 0.6) is 5.75 Å². The molecule has 0 saturated carbocycles. The number of anilines is 1. The zero-order valence-corrected chi connectivity index (χ0v) is 13.2. The van der Waals surface area contributed by atoms with Gasteiger partial charge in [0.2, 0.25) is 0 Å². The summed E-state index contributed by atoms with van der Waals surface area (Å²) in [5, 5.41) is 14.8. The smallest absolute Gasteiger partial charge is 0.311 e. The molecule has 2 heterocycles. The third-order valence-corrected chi connectivity index (χ3v) is 4.55. The number of nitrogens with one attached hydrogen (secondary N) is 1. The lowest BCUT2D eigenvalue weighted by Gasteiger charge is -2.25. The summed E-state index contributed by atoms with van der Waals surface area (Å²) >= 11 is 0. The first-order chi connectivity index (χ1) is 10.5. The lowest BCUT2D eigenvalue weighted by Crippen LogP contribution is -2.42. The minimum Gasteiger partial charge on any atom is -0.484 e. The van der Waals surface area contributed by atoms with Gasteiger partial charge in [0.1, 0.15) is 0 Å². The Balaban J connectivity index is 1.83. The summed E-state index contributed by atoms with van der Waals surface area (Å²) in [4.78, 5) is 13.1. The van der Waals surface area contributed by atoms with Gasteiger partial charge < -0.3 is 15.0 Å². The largest absolute Gasteiger partial charge is 0.484 e. The van der Waals surface area contributed by atoms with E-state index in [0.717, 1.165) is 31.7 Å². The van der Waals surface area contributed by atoms with Gasteiger partial charge in [-0.3, -0.25) is 10.1 Å². The minimum absolute atomic E-state index is 0.0327. The molecule has 1 aromatic rings. The Morgan fingerprint density at radius 1 is 1.41 bits per heavy atom. The van der Waals surface area contributed by atoms with E-state index in [2.05, 4.69) is 10.2 Å². The first kappa shape index (κ1) is 15.1. The van der Waals surface area contributed by atoms with Crippen molar-refractivity contribution < 1.29 is 9.66 Å². The van der Waals surface area contributed by atoms with Crippen LogP contribution in [-0.4, -0.2) is 36.2 Å². The second kappa shape index (κ2) is 5.76. The van der Waals surface area contributed by atoms with E-state index in [0.29, 0.717) is 5.75 Å². The molecule has 0 aliphatic carbocycles. The van der Waals surface area contributed by atoms with Crippen LogP contribution in [0.2, 0.25) is 0 Å². The highest BCUT2D eigenvalue weighted by Gasteiger charge is 2.40. The molecule has 6 heteroatoms. The highest BCUT2D eigenvalue weighted by molar-refractivity contribution is 5.60. The van der Waals surface area contributed by atoms with Crippen LogP contribution in [0, 0.1) is 10.1 Å². The molecule has 1 N–H and O–H groups in total. The van der Waals surface area contributed by atoms with Gasteiger partial charge >= 0.3 is 5.69 Å². The molecular weight excluding hydrogens is 282 g/mol. The average Bonchev–Trinajstić information content (AvgIpc) is 3.08. The summed E-state index contributed by atoms with van der Waals surface area (Å²) in [5.41, 5.74) is 1.28. The maximum absolute atomic E-state index is 11.1. The summed E-state index contributed by atoms with van der Waals surface area (Å²) in [5.74, 6) is 0.359. The molecule has 0 bridgehead atoms. The molecule has 120 valence electrons. The fourth-order valence-electron chi connectivity index (χ4n) is 3.51. The number of benzene rings is 1. The molecule has 0 unspecified atom stereocenters. The van der Waals surface area contributed by atoms with Crippen LogP contribution in [0.4, 0.5) is 11.4 Å². The van der Waals surface area contributed by atoms with E-state index in [1.54, 1.807) is 6.07 Å². The Hall–Kier alpha value is -1.82.